The van der Waals surface area contributed by atoms with Crippen LogP contribution in [-0.2, 0) is 4.79 Å². The lowest BCUT2D eigenvalue weighted by Crippen LogP contribution is -2.42. The Morgan fingerprint density at radius 3 is 2.57 bits per heavy atom. The number of rotatable bonds is 11. The van der Waals surface area contributed by atoms with E-state index in [2.05, 4.69) is 45.8 Å². The molecule has 0 spiro atoms. The summed E-state index contributed by atoms with van der Waals surface area (Å²) in [6.45, 7) is 11.5. The Morgan fingerprint density at radius 2 is 2.00 bits per heavy atom. The van der Waals surface area contributed by atoms with E-state index in [-0.39, 0.29) is 12.3 Å². The Bertz CT molecular complexity index is 608. The SMILES string of the molecule is C=C/C=N\C(=C)N(C)/N=C\CC(=O)N/C(C)=C/N(NC)C1CCC(BC)CC1. The third-order valence-electron chi connectivity index (χ3n) is 4.95. The maximum Gasteiger partial charge on any atom is 0.229 e. The first-order valence-corrected chi connectivity index (χ1v) is 9.95. The van der Waals surface area contributed by atoms with Crippen molar-refractivity contribution in [2.75, 3.05) is 14.1 Å². The molecule has 0 aromatic rings. The number of hydrazine groups is 1. The van der Waals surface area contributed by atoms with Crippen LogP contribution < -0.4 is 10.7 Å². The van der Waals surface area contributed by atoms with Gasteiger partial charge in [-0.3, -0.25) is 9.80 Å². The zero-order valence-electron chi connectivity index (χ0n) is 17.8. The summed E-state index contributed by atoms with van der Waals surface area (Å²) in [5.41, 5.74) is 4.04. The van der Waals surface area contributed by atoms with Crippen molar-refractivity contribution in [2.45, 2.75) is 57.7 Å². The van der Waals surface area contributed by atoms with E-state index in [1.54, 1.807) is 19.3 Å². The average molecular weight is 386 g/mol. The summed E-state index contributed by atoms with van der Waals surface area (Å²) in [5.74, 6) is 1.21. The first kappa shape index (κ1) is 23.7. The minimum Gasteiger partial charge on any atom is -0.328 e. The van der Waals surface area contributed by atoms with Crippen molar-refractivity contribution >= 4 is 25.6 Å². The maximum atomic E-state index is 12.1. The molecule has 0 aliphatic heterocycles. The molecule has 1 aliphatic carbocycles. The lowest BCUT2D eigenvalue weighted by atomic mass is 9.60. The normalized spacial score (nSPS) is 20.2. The second-order valence-corrected chi connectivity index (χ2v) is 7.03. The Balaban J connectivity index is 2.49. The molecule has 7 nitrogen and oxygen atoms in total. The Hall–Kier alpha value is -2.35. The third kappa shape index (κ3) is 8.56. The molecular formula is C20H35BN6O. The van der Waals surface area contributed by atoms with Gasteiger partial charge in [-0.15, -0.1) is 0 Å². The van der Waals surface area contributed by atoms with Gasteiger partial charge in [-0.05, 0) is 19.8 Å². The van der Waals surface area contributed by atoms with Gasteiger partial charge in [-0.25, -0.2) is 10.4 Å². The predicted octanol–water partition coefficient (Wildman–Crippen LogP) is 2.65. The van der Waals surface area contributed by atoms with Gasteiger partial charge in [0.25, 0.3) is 0 Å². The molecule has 0 unspecified atom stereocenters. The Morgan fingerprint density at radius 1 is 1.32 bits per heavy atom. The second-order valence-electron chi connectivity index (χ2n) is 7.03. The first-order chi connectivity index (χ1) is 13.4. The van der Waals surface area contributed by atoms with E-state index in [1.807, 2.05) is 20.2 Å². The average Bonchev–Trinajstić information content (AvgIpc) is 2.70. The van der Waals surface area contributed by atoms with Crippen LogP contribution in [0.4, 0.5) is 0 Å². The topological polar surface area (TPSA) is 72.3 Å². The molecule has 0 radical (unpaired) electrons. The molecule has 1 aliphatic rings. The van der Waals surface area contributed by atoms with E-state index in [1.165, 1.54) is 44.2 Å². The van der Waals surface area contributed by atoms with Crippen LogP contribution in [0.5, 0.6) is 0 Å². The van der Waals surface area contributed by atoms with Gasteiger partial charge in [0, 0.05) is 44.5 Å². The summed E-state index contributed by atoms with van der Waals surface area (Å²) in [6, 6.07) is 0.469. The molecule has 2 N–H and O–H groups in total. The highest BCUT2D eigenvalue weighted by Crippen LogP contribution is 2.30. The van der Waals surface area contributed by atoms with E-state index >= 15 is 0 Å². The number of hydrazone groups is 1. The molecule has 1 rings (SSSR count). The zero-order valence-corrected chi connectivity index (χ0v) is 17.8. The van der Waals surface area contributed by atoms with Crippen molar-refractivity contribution in [3.8, 4) is 0 Å². The van der Waals surface area contributed by atoms with Crippen molar-refractivity contribution in [2.24, 2.45) is 10.1 Å². The van der Waals surface area contributed by atoms with Crippen LogP contribution in [0.2, 0.25) is 12.6 Å². The summed E-state index contributed by atoms with van der Waals surface area (Å²) in [5, 5.41) is 10.7. The fourth-order valence-corrected chi connectivity index (χ4v) is 3.23. The summed E-state index contributed by atoms with van der Waals surface area (Å²) >= 11 is 0. The Kier molecular flexibility index (Phi) is 10.9. The molecular weight excluding hydrogens is 351 g/mol. The molecule has 1 fully saturated rings. The summed E-state index contributed by atoms with van der Waals surface area (Å²) in [4.78, 5) is 16.2. The van der Waals surface area contributed by atoms with Crippen LogP contribution in [0.3, 0.4) is 0 Å². The van der Waals surface area contributed by atoms with Crippen molar-refractivity contribution in [1.82, 2.24) is 20.8 Å². The van der Waals surface area contributed by atoms with E-state index in [0.29, 0.717) is 11.9 Å². The molecule has 1 saturated carbocycles. The van der Waals surface area contributed by atoms with Gasteiger partial charge in [0.1, 0.15) is 13.1 Å². The van der Waals surface area contributed by atoms with Crippen molar-refractivity contribution in [1.29, 1.82) is 0 Å². The fraction of sp³-hybridized carbons (Fsp3) is 0.550. The molecule has 0 aromatic carbocycles. The number of amides is 1. The van der Waals surface area contributed by atoms with Gasteiger partial charge in [0.2, 0.25) is 5.91 Å². The Labute approximate surface area is 170 Å². The van der Waals surface area contributed by atoms with Crippen LogP contribution in [0.1, 0.15) is 39.0 Å². The summed E-state index contributed by atoms with van der Waals surface area (Å²) in [6.07, 6.45) is 11.7. The molecule has 0 atom stereocenters. The number of hydrogen-bond acceptors (Lipinski definition) is 6. The summed E-state index contributed by atoms with van der Waals surface area (Å²) in [7, 11) is 4.91. The number of nitrogens with one attached hydrogen (secondary N) is 2. The second kappa shape index (κ2) is 12.9. The standard InChI is InChI=1S/C20H35BN6O/c1-7-13-23-17(3)26(6)24-14-12-20(28)25-16(2)15-27(22-5)19-10-8-18(21-4)9-11-19/h7,13-15,18-19,21-22H,1,3,8-12H2,2,4-6H3,(H,25,28)/b16-15+,23-13-,24-14-. The molecule has 8 heteroatoms. The molecule has 0 saturated heterocycles. The van der Waals surface area contributed by atoms with Crippen LogP contribution in [0, 0.1) is 0 Å². The largest absolute Gasteiger partial charge is 0.328 e. The van der Waals surface area contributed by atoms with Gasteiger partial charge in [-0.2, -0.15) is 5.10 Å². The molecule has 1 amide bonds. The van der Waals surface area contributed by atoms with Gasteiger partial charge in [0.15, 0.2) is 0 Å². The highest BCUT2D eigenvalue weighted by Gasteiger charge is 2.23. The van der Waals surface area contributed by atoms with Crippen LogP contribution in [0.25, 0.3) is 0 Å². The first-order valence-electron chi connectivity index (χ1n) is 9.95. The van der Waals surface area contributed by atoms with Crippen LogP contribution in [0.15, 0.2) is 47.0 Å². The number of carbonyl (C=O) groups excluding carboxylic acids is 1. The minimum absolute atomic E-state index is 0.114. The quantitative estimate of drug-likeness (QED) is 0.325. The van der Waals surface area contributed by atoms with Gasteiger partial charge >= 0.3 is 0 Å². The van der Waals surface area contributed by atoms with Crippen molar-refractivity contribution < 1.29 is 4.79 Å². The van der Waals surface area contributed by atoms with Gasteiger partial charge in [0.05, 0.1) is 6.42 Å². The van der Waals surface area contributed by atoms with Gasteiger partial charge in [-0.1, -0.05) is 44.7 Å². The molecule has 0 bridgehead atoms. The molecule has 0 heterocycles. The number of carbonyl (C=O) groups is 1. The lowest BCUT2D eigenvalue weighted by molar-refractivity contribution is -0.119. The predicted molar refractivity (Wildman–Crippen MR) is 121 cm³/mol. The maximum absolute atomic E-state index is 12.1. The number of hydrogen-bond donors (Lipinski definition) is 2. The van der Waals surface area contributed by atoms with Gasteiger partial charge < -0.3 is 10.3 Å². The van der Waals surface area contributed by atoms with E-state index < -0.39 is 0 Å². The van der Waals surface area contributed by atoms with E-state index in [4.69, 9.17) is 0 Å². The van der Waals surface area contributed by atoms with Crippen molar-refractivity contribution in [3.63, 3.8) is 0 Å². The summed E-state index contributed by atoms with van der Waals surface area (Å²) < 4.78 is 0. The van der Waals surface area contributed by atoms with Crippen LogP contribution in [-0.4, -0.2) is 55.8 Å². The van der Waals surface area contributed by atoms with Crippen LogP contribution >= 0.6 is 0 Å². The molecule has 154 valence electrons. The monoisotopic (exact) mass is 386 g/mol. The highest BCUT2D eigenvalue weighted by atomic mass is 16.1. The smallest absolute Gasteiger partial charge is 0.229 e. The minimum atomic E-state index is -0.114. The third-order valence-corrected chi connectivity index (χ3v) is 4.95. The number of aliphatic imine (C=N–C) groups is 1. The van der Waals surface area contributed by atoms with E-state index in [0.717, 1.165) is 11.5 Å². The zero-order chi connectivity index (χ0) is 20.9. The lowest BCUT2D eigenvalue weighted by Gasteiger charge is -2.35. The van der Waals surface area contributed by atoms with Crippen molar-refractivity contribution in [3.05, 3.63) is 37.0 Å². The fourth-order valence-electron chi connectivity index (χ4n) is 3.23. The van der Waals surface area contributed by atoms with E-state index in [9.17, 15) is 4.79 Å². The number of nitrogens with zero attached hydrogens (tertiary/aromatic N) is 4. The molecule has 28 heavy (non-hydrogen) atoms. The number of allylic oxidation sites excluding steroid dienone is 2. The molecule has 0 aromatic heterocycles. The highest BCUT2D eigenvalue weighted by molar-refractivity contribution is 6.35.